The lowest BCUT2D eigenvalue weighted by Crippen LogP contribution is -2.39. The van der Waals surface area contributed by atoms with Gasteiger partial charge in [-0.25, -0.2) is 0 Å². The Morgan fingerprint density at radius 3 is 2.81 bits per heavy atom. The number of imide groups is 1. The van der Waals surface area contributed by atoms with Gasteiger partial charge in [0.25, 0.3) is 0 Å². The highest BCUT2D eigenvalue weighted by molar-refractivity contribution is 7.75. The summed E-state index contributed by atoms with van der Waals surface area (Å²) >= 11 is 3.41. The first kappa shape index (κ1) is 13.1. The second-order valence-electron chi connectivity index (χ2n) is 3.32. The molecule has 1 aliphatic rings. The fourth-order valence-electron chi connectivity index (χ4n) is 1.36. The van der Waals surface area contributed by atoms with E-state index < -0.39 is 11.7 Å². The molecule has 1 N–H and O–H groups in total. The summed E-state index contributed by atoms with van der Waals surface area (Å²) in [6.07, 6.45) is 0.0343. The van der Waals surface area contributed by atoms with Gasteiger partial charge in [0.1, 0.15) is 6.61 Å². The first-order valence-electron chi connectivity index (χ1n) is 4.69. The molecule has 3 amide bonds. The van der Waals surface area contributed by atoms with Crippen LogP contribution >= 0.6 is 12.9 Å². The van der Waals surface area contributed by atoms with Crippen LogP contribution in [0.3, 0.4) is 0 Å². The van der Waals surface area contributed by atoms with Crippen LogP contribution in [-0.4, -0.2) is 50.2 Å². The second kappa shape index (κ2) is 5.90. The van der Waals surface area contributed by atoms with Crippen molar-refractivity contribution < 1.29 is 18.6 Å². The number of hydrogen-bond acceptors (Lipinski definition) is 5. The summed E-state index contributed by atoms with van der Waals surface area (Å²) in [7, 11) is 5.41. The first-order valence-corrected chi connectivity index (χ1v) is 5.05. The minimum absolute atomic E-state index is 0.0343. The third-order valence-electron chi connectivity index (χ3n) is 2.13. The van der Waals surface area contributed by atoms with Crippen LogP contribution in [0.4, 0.5) is 0 Å². The van der Waals surface area contributed by atoms with Crippen molar-refractivity contribution in [2.75, 3.05) is 19.7 Å². The Morgan fingerprint density at radius 1 is 1.62 bits per heavy atom. The van der Waals surface area contributed by atoms with E-state index in [0.29, 0.717) is 0 Å². The van der Waals surface area contributed by atoms with Crippen LogP contribution in [0.2, 0.25) is 5.82 Å². The molecule has 0 spiro atoms. The number of carbonyl (C=O) groups excluding carboxylic acids is 3. The zero-order valence-electron chi connectivity index (χ0n) is 8.51. The first-order chi connectivity index (χ1) is 7.56. The molecule has 0 saturated carbocycles. The van der Waals surface area contributed by atoms with E-state index in [0.717, 1.165) is 4.90 Å². The van der Waals surface area contributed by atoms with E-state index in [1.807, 2.05) is 0 Å². The van der Waals surface area contributed by atoms with Crippen LogP contribution in [0.25, 0.3) is 0 Å². The lowest BCUT2D eigenvalue weighted by Gasteiger charge is -2.14. The van der Waals surface area contributed by atoms with Gasteiger partial charge in [-0.15, -0.1) is 0 Å². The Labute approximate surface area is 99.7 Å². The number of nitrogens with one attached hydrogen (secondary N) is 1. The minimum atomic E-state index is -0.746. The molecule has 1 aliphatic heterocycles. The molecule has 0 aromatic carbocycles. The van der Waals surface area contributed by atoms with E-state index in [-0.39, 0.29) is 37.9 Å². The molecule has 0 aliphatic carbocycles. The molecular formula is C8H11BN2O4S. The molecular weight excluding hydrogens is 231 g/mol. The normalized spacial score (nSPS) is 20.3. The van der Waals surface area contributed by atoms with Crippen molar-refractivity contribution in [3.63, 3.8) is 0 Å². The van der Waals surface area contributed by atoms with Crippen LogP contribution in [0.5, 0.6) is 0 Å². The van der Waals surface area contributed by atoms with Gasteiger partial charge in [0, 0.05) is 25.3 Å². The maximum absolute atomic E-state index is 11.3. The predicted molar refractivity (Wildman–Crippen MR) is 58.8 cm³/mol. The van der Waals surface area contributed by atoms with Crippen molar-refractivity contribution >= 4 is 38.5 Å². The number of likely N-dealkylation sites (tertiary alicyclic amines) is 1. The average Bonchev–Trinajstić information content (AvgIpc) is 2.45. The fraction of sp³-hybridized carbons (Fsp3) is 0.625. The van der Waals surface area contributed by atoms with Crippen molar-refractivity contribution in [3.05, 3.63) is 0 Å². The van der Waals surface area contributed by atoms with Crippen LogP contribution in [-0.2, 0) is 18.6 Å². The molecule has 0 aromatic heterocycles. The summed E-state index contributed by atoms with van der Waals surface area (Å²) in [5, 5.41) is 2.47. The Bertz CT molecular complexity index is 312. The van der Waals surface area contributed by atoms with E-state index in [4.69, 9.17) is 7.85 Å². The van der Waals surface area contributed by atoms with Gasteiger partial charge in [-0.3, -0.25) is 19.3 Å². The second-order valence-corrected chi connectivity index (χ2v) is 3.58. The van der Waals surface area contributed by atoms with E-state index in [1.165, 1.54) is 0 Å². The van der Waals surface area contributed by atoms with E-state index in [2.05, 4.69) is 22.4 Å². The van der Waals surface area contributed by atoms with Crippen LogP contribution in [0.1, 0.15) is 6.42 Å². The molecule has 1 unspecified atom stereocenters. The largest absolute Gasteiger partial charge is 0.352 e. The quantitative estimate of drug-likeness (QED) is 0.271. The number of rotatable bonds is 5. The van der Waals surface area contributed by atoms with Gasteiger partial charge in [-0.2, -0.15) is 0 Å². The number of thiol groups is 1. The predicted octanol–water partition coefficient (Wildman–Crippen LogP) is -1.32. The summed E-state index contributed by atoms with van der Waals surface area (Å²) < 4.78 is 4.30. The molecule has 1 atom stereocenters. The molecule has 1 saturated heterocycles. The smallest absolute Gasteiger partial charge is 0.247 e. The van der Waals surface area contributed by atoms with Crippen molar-refractivity contribution in [2.45, 2.75) is 12.2 Å². The third kappa shape index (κ3) is 3.24. The van der Waals surface area contributed by atoms with Gasteiger partial charge < -0.3 is 9.50 Å². The number of carbonyl (C=O) groups is 3. The van der Waals surface area contributed by atoms with E-state index in [1.54, 1.807) is 0 Å². The van der Waals surface area contributed by atoms with E-state index >= 15 is 0 Å². The monoisotopic (exact) mass is 242 g/mol. The molecule has 0 aromatic rings. The van der Waals surface area contributed by atoms with Gasteiger partial charge in [0.2, 0.25) is 17.7 Å². The van der Waals surface area contributed by atoms with Crippen molar-refractivity contribution in [1.29, 1.82) is 0 Å². The highest BCUT2D eigenvalue weighted by atomic mass is 32.1. The molecule has 8 heteroatoms. The summed E-state index contributed by atoms with van der Waals surface area (Å²) in [6, 6.07) is 0. The molecule has 2 radical (unpaired) electrons. The Balaban J connectivity index is 2.30. The van der Waals surface area contributed by atoms with Gasteiger partial charge in [-0.05, 0) is 12.9 Å². The molecule has 86 valence electrons. The molecule has 16 heavy (non-hydrogen) atoms. The molecule has 6 nitrogen and oxygen atoms in total. The van der Waals surface area contributed by atoms with Gasteiger partial charge >= 0.3 is 0 Å². The van der Waals surface area contributed by atoms with Gasteiger partial charge in [-0.1, -0.05) is 0 Å². The van der Waals surface area contributed by atoms with Crippen LogP contribution < -0.4 is 5.32 Å². The molecule has 1 rings (SSSR count). The van der Waals surface area contributed by atoms with E-state index in [9.17, 15) is 14.4 Å². The Kier molecular flexibility index (Phi) is 4.82. The molecule has 1 heterocycles. The highest BCUT2D eigenvalue weighted by Crippen LogP contribution is 2.20. The van der Waals surface area contributed by atoms with Crippen LogP contribution in [0.15, 0.2) is 0 Å². The lowest BCUT2D eigenvalue weighted by molar-refractivity contribution is -0.138. The third-order valence-corrected chi connectivity index (χ3v) is 2.26. The fourth-order valence-corrected chi connectivity index (χ4v) is 1.48. The number of amides is 3. The summed E-state index contributed by atoms with van der Waals surface area (Å²) in [5.41, 5.74) is 0. The SMILES string of the molecule is [B]C1CC(=O)N(CCNC(=O)COS)C1=O. The maximum atomic E-state index is 11.3. The standard InChI is InChI=1S/C8H11BN2O4S/c9-5-3-7(13)11(8(5)14)2-1-10-6(12)4-15-16/h5,16H,1-4H2,(H,10,12). The van der Waals surface area contributed by atoms with Gasteiger partial charge in [0.05, 0.1) is 7.85 Å². The number of nitrogens with zero attached hydrogens (tertiary/aromatic N) is 1. The summed E-state index contributed by atoms with van der Waals surface area (Å²) in [4.78, 5) is 34.6. The summed E-state index contributed by atoms with van der Waals surface area (Å²) in [6.45, 7) is 0.133. The molecule has 0 bridgehead atoms. The van der Waals surface area contributed by atoms with Crippen molar-refractivity contribution in [2.24, 2.45) is 0 Å². The number of hydrogen-bond donors (Lipinski definition) is 2. The maximum Gasteiger partial charge on any atom is 0.247 e. The topological polar surface area (TPSA) is 75.7 Å². The summed E-state index contributed by atoms with van der Waals surface area (Å²) in [5.74, 6) is -1.82. The Morgan fingerprint density at radius 2 is 2.31 bits per heavy atom. The van der Waals surface area contributed by atoms with Crippen molar-refractivity contribution in [1.82, 2.24) is 10.2 Å². The zero-order chi connectivity index (χ0) is 12.1. The lowest BCUT2D eigenvalue weighted by atomic mass is 9.86. The zero-order valence-corrected chi connectivity index (χ0v) is 9.40. The molecule has 1 fully saturated rings. The van der Waals surface area contributed by atoms with Crippen molar-refractivity contribution in [3.8, 4) is 0 Å². The minimum Gasteiger partial charge on any atom is -0.352 e. The highest BCUT2D eigenvalue weighted by Gasteiger charge is 2.34. The Hall–Kier alpha value is -1.02. The average molecular weight is 242 g/mol. The van der Waals surface area contributed by atoms with Gasteiger partial charge in [0.15, 0.2) is 0 Å². The van der Waals surface area contributed by atoms with Crippen LogP contribution in [0, 0.1) is 0 Å².